The molecule has 34 heavy (non-hydrogen) atoms. The highest BCUT2D eigenvalue weighted by Gasteiger charge is 2.28. The molecule has 0 aliphatic rings. The minimum absolute atomic E-state index is 0.160. The molecule has 2 rings (SSSR count). The number of benzene rings is 2. The van der Waals surface area contributed by atoms with E-state index in [2.05, 4.69) is 16.0 Å². The van der Waals surface area contributed by atoms with E-state index in [0.29, 0.717) is 30.7 Å². The maximum absolute atomic E-state index is 13.2. The fourth-order valence-corrected chi connectivity index (χ4v) is 3.53. The highest BCUT2D eigenvalue weighted by Crippen LogP contribution is 2.16. The number of anilines is 1. The smallest absolute Gasteiger partial charge is 0.320 e. The Balaban J connectivity index is 2.14. The molecule has 0 saturated carbocycles. The predicted octanol–water partition coefficient (Wildman–Crippen LogP) is 3.23. The quantitative estimate of drug-likeness (QED) is 0.358. The molecule has 0 spiro atoms. The van der Waals surface area contributed by atoms with Crippen LogP contribution in [0.25, 0.3) is 0 Å². The van der Waals surface area contributed by atoms with E-state index in [1.807, 2.05) is 56.3 Å². The van der Waals surface area contributed by atoms with E-state index in [0.717, 1.165) is 5.56 Å². The number of aliphatic carboxylic acids is 1. The maximum Gasteiger partial charge on any atom is 0.320 e. The first-order valence-electron chi connectivity index (χ1n) is 11.5. The van der Waals surface area contributed by atoms with Gasteiger partial charge in [0.2, 0.25) is 11.8 Å². The van der Waals surface area contributed by atoms with Crippen LogP contribution in [0.1, 0.15) is 39.2 Å². The first kappa shape index (κ1) is 26.9. The third kappa shape index (κ3) is 8.86. The fraction of sp³-hybridized carbons (Fsp3) is 0.423. The number of amides is 2. The molecular weight excluding hydrogens is 434 g/mol. The summed E-state index contributed by atoms with van der Waals surface area (Å²) in [6.07, 6.45) is 1.33. The van der Waals surface area contributed by atoms with Gasteiger partial charge in [-0.2, -0.15) is 0 Å². The Morgan fingerprint density at radius 3 is 2.26 bits per heavy atom. The molecule has 0 heterocycles. The lowest BCUT2D eigenvalue weighted by Crippen LogP contribution is -2.54. The lowest BCUT2D eigenvalue weighted by Gasteiger charge is -2.25. The summed E-state index contributed by atoms with van der Waals surface area (Å²) in [5, 5.41) is 17.9. The van der Waals surface area contributed by atoms with Gasteiger partial charge in [0.15, 0.2) is 0 Å². The number of hydrogen-bond donors (Lipinski definition) is 4. The minimum atomic E-state index is -1.06. The monoisotopic (exact) mass is 469 g/mol. The fourth-order valence-electron chi connectivity index (χ4n) is 3.53. The van der Waals surface area contributed by atoms with Gasteiger partial charge in [-0.1, -0.05) is 44.2 Å². The Bertz CT molecular complexity index is 948. The van der Waals surface area contributed by atoms with Crippen molar-refractivity contribution in [2.75, 3.05) is 12.4 Å². The molecule has 0 aliphatic heterocycles. The number of rotatable bonds is 13. The van der Waals surface area contributed by atoms with Crippen LogP contribution in [0.15, 0.2) is 54.6 Å². The molecule has 2 aromatic rings. The van der Waals surface area contributed by atoms with E-state index < -0.39 is 30.0 Å². The van der Waals surface area contributed by atoms with Crippen LogP contribution in [0.5, 0.6) is 5.75 Å². The summed E-state index contributed by atoms with van der Waals surface area (Å²) in [4.78, 5) is 37.6. The van der Waals surface area contributed by atoms with E-state index in [9.17, 15) is 19.5 Å². The lowest BCUT2D eigenvalue weighted by atomic mass is 10.0. The molecule has 0 bridgehead atoms. The molecule has 8 nitrogen and oxygen atoms in total. The molecule has 0 fully saturated rings. The van der Waals surface area contributed by atoms with Crippen molar-refractivity contribution in [2.24, 2.45) is 5.92 Å². The van der Waals surface area contributed by atoms with Crippen LogP contribution in [0.3, 0.4) is 0 Å². The molecule has 4 N–H and O–H groups in total. The zero-order chi connectivity index (χ0) is 25.1. The van der Waals surface area contributed by atoms with Gasteiger partial charge in [-0.15, -0.1) is 0 Å². The van der Waals surface area contributed by atoms with Gasteiger partial charge >= 0.3 is 5.97 Å². The Morgan fingerprint density at radius 1 is 0.941 bits per heavy atom. The second-order valence-corrected chi connectivity index (χ2v) is 8.72. The molecule has 0 radical (unpaired) electrons. The van der Waals surface area contributed by atoms with Gasteiger partial charge in [-0.3, -0.25) is 19.7 Å². The van der Waals surface area contributed by atoms with Gasteiger partial charge < -0.3 is 20.5 Å². The average Bonchev–Trinajstić information content (AvgIpc) is 2.81. The van der Waals surface area contributed by atoms with E-state index in [1.54, 1.807) is 19.2 Å². The van der Waals surface area contributed by atoms with Crippen molar-refractivity contribution in [3.63, 3.8) is 0 Å². The molecule has 184 valence electrons. The molecule has 0 aliphatic carbocycles. The normalized spacial score (nSPS) is 13.6. The first-order valence-corrected chi connectivity index (χ1v) is 11.5. The van der Waals surface area contributed by atoms with Crippen molar-refractivity contribution in [3.05, 3.63) is 60.2 Å². The largest absolute Gasteiger partial charge is 0.497 e. The summed E-state index contributed by atoms with van der Waals surface area (Å²) >= 11 is 0. The summed E-state index contributed by atoms with van der Waals surface area (Å²) in [6, 6.07) is 14.1. The first-order chi connectivity index (χ1) is 16.2. The molecule has 0 saturated heterocycles. The summed E-state index contributed by atoms with van der Waals surface area (Å²) in [5.41, 5.74) is 1.60. The zero-order valence-corrected chi connectivity index (χ0v) is 20.2. The minimum Gasteiger partial charge on any atom is -0.497 e. The maximum atomic E-state index is 13.2. The van der Waals surface area contributed by atoms with E-state index >= 15 is 0 Å². The topological polar surface area (TPSA) is 117 Å². The van der Waals surface area contributed by atoms with Crippen molar-refractivity contribution in [1.82, 2.24) is 10.6 Å². The van der Waals surface area contributed by atoms with Crippen molar-refractivity contribution in [3.8, 4) is 5.75 Å². The second-order valence-electron chi connectivity index (χ2n) is 8.72. The lowest BCUT2D eigenvalue weighted by molar-refractivity contribution is -0.139. The number of aryl methyl sites for hydroxylation is 1. The number of hydrogen-bond acceptors (Lipinski definition) is 5. The molecule has 2 amide bonds. The van der Waals surface area contributed by atoms with Crippen LogP contribution >= 0.6 is 0 Å². The zero-order valence-electron chi connectivity index (χ0n) is 20.2. The standard InChI is InChI=1S/C26H35N3O5/c1-17(2)15-23(25(31)28-20-10-6-5-7-11-20)29-24(30)22(27-18(3)26(32)33)14-13-19-9-8-12-21(16-19)34-4/h5-12,16-18,22-23,27H,13-15H2,1-4H3,(H,28,31)(H,29,30)(H,32,33)/t18-,22+,23+/m1/s1. The third-order valence-electron chi connectivity index (χ3n) is 5.38. The Morgan fingerprint density at radius 2 is 1.65 bits per heavy atom. The molecule has 3 atom stereocenters. The van der Waals surface area contributed by atoms with Gasteiger partial charge in [0.05, 0.1) is 13.2 Å². The van der Waals surface area contributed by atoms with Crippen LogP contribution in [-0.2, 0) is 20.8 Å². The Hall–Kier alpha value is -3.39. The SMILES string of the molecule is COc1cccc(CC[C@H](N[C@H](C)C(=O)O)C(=O)N[C@@H](CC(C)C)C(=O)Nc2ccccc2)c1. The summed E-state index contributed by atoms with van der Waals surface area (Å²) in [5.74, 6) is -0.913. The van der Waals surface area contributed by atoms with Crippen LogP contribution in [0, 0.1) is 5.92 Å². The third-order valence-corrected chi connectivity index (χ3v) is 5.38. The number of nitrogens with one attached hydrogen (secondary N) is 3. The Labute approximate surface area is 201 Å². The van der Waals surface area contributed by atoms with Crippen molar-refractivity contribution < 1.29 is 24.2 Å². The number of methoxy groups -OCH3 is 1. The summed E-state index contributed by atoms with van der Waals surface area (Å²) in [7, 11) is 1.58. The second kappa shape index (κ2) is 13.3. The average molecular weight is 470 g/mol. The van der Waals surface area contributed by atoms with Crippen molar-refractivity contribution in [2.45, 2.75) is 58.2 Å². The van der Waals surface area contributed by atoms with Crippen molar-refractivity contribution >= 4 is 23.5 Å². The van der Waals surface area contributed by atoms with E-state index in [1.165, 1.54) is 6.92 Å². The van der Waals surface area contributed by atoms with E-state index in [4.69, 9.17) is 4.74 Å². The molecule has 2 aromatic carbocycles. The highest BCUT2D eigenvalue weighted by molar-refractivity contribution is 5.97. The van der Waals surface area contributed by atoms with Crippen LogP contribution < -0.4 is 20.7 Å². The molecular formula is C26H35N3O5. The van der Waals surface area contributed by atoms with E-state index in [-0.39, 0.29) is 11.8 Å². The van der Waals surface area contributed by atoms with Crippen LogP contribution in [0.4, 0.5) is 5.69 Å². The number of carbonyl (C=O) groups is 3. The number of carbonyl (C=O) groups excluding carboxylic acids is 2. The van der Waals surface area contributed by atoms with Gasteiger partial charge in [-0.25, -0.2) is 0 Å². The Kier molecular flexibility index (Phi) is 10.5. The van der Waals surface area contributed by atoms with Gasteiger partial charge in [0.1, 0.15) is 17.8 Å². The predicted molar refractivity (Wildman–Crippen MR) is 132 cm³/mol. The van der Waals surface area contributed by atoms with Gasteiger partial charge in [0.25, 0.3) is 0 Å². The molecule has 8 heteroatoms. The highest BCUT2D eigenvalue weighted by atomic mass is 16.5. The summed E-state index contributed by atoms with van der Waals surface area (Å²) < 4.78 is 5.25. The van der Waals surface area contributed by atoms with Crippen molar-refractivity contribution in [1.29, 1.82) is 0 Å². The van der Waals surface area contributed by atoms with Gasteiger partial charge in [0, 0.05) is 5.69 Å². The molecule has 0 unspecified atom stereocenters. The molecule has 0 aromatic heterocycles. The van der Waals surface area contributed by atoms with Gasteiger partial charge in [-0.05, 0) is 61.9 Å². The number of carboxylic acid groups (broad SMARTS) is 1. The van der Waals surface area contributed by atoms with Crippen LogP contribution in [0.2, 0.25) is 0 Å². The number of carboxylic acids is 1. The number of para-hydroxylation sites is 1. The summed E-state index contributed by atoms with van der Waals surface area (Å²) in [6.45, 7) is 5.43. The van der Waals surface area contributed by atoms with Crippen LogP contribution in [-0.4, -0.2) is 48.1 Å². The number of ether oxygens (including phenoxy) is 1.